The molecule has 2 atom stereocenters. The van der Waals surface area contributed by atoms with Gasteiger partial charge in [0.1, 0.15) is 0 Å². The van der Waals surface area contributed by atoms with E-state index in [1.165, 1.54) is 11.1 Å². The van der Waals surface area contributed by atoms with Crippen molar-refractivity contribution in [1.82, 2.24) is 14.5 Å². The number of nitrogens with zero attached hydrogens (tertiary/aromatic N) is 3. The van der Waals surface area contributed by atoms with Crippen LogP contribution in [0.2, 0.25) is 0 Å². The molecule has 0 radical (unpaired) electrons. The number of benzene rings is 1. The zero-order valence-electron chi connectivity index (χ0n) is 17.0. The van der Waals surface area contributed by atoms with Crippen molar-refractivity contribution in [3.05, 3.63) is 66.4 Å². The number of pyridine rings is 1. The minimum absolute atomic E-state index is 0.162. The Balaban J connectivity index is 1.17. The van der Waals surface area contributed by atoms with Crippen molar-refractivity contribution >= 4 is 5.69 Å². The first kappa shape index (κ1) is 19.3. The van der Waals surface area contributed by atoms with E-state index in [-0.39, 0.29) is 18.2 Å². The molecule has 1 aliphatic carbocycles. The van der Waals surface area contributed by atoms with Crippen LogP contribution in [0.3, 0.4) is 0 Å². The molecule has 30 heavy (non-hydrogen) atoms. The lowest BCUT2D eigenvalue weighted by Crippen LogP contribution is -2.30. The zero-order chi connectivity index (χ0) is 20.5. The molecule has 1 aromatic carbocycles. The minimum Gasteiger partial charge on any atom is -0.397 e. The summed E-state index contributed by atoms with van der Waals surface area (Å²) in [6, 6.07) is 12.3. The number of aliphatic hydroxyl groups excluding tert-OH is 1. The topological polar surface area (TPSA) is 86.2 Å². The van der Waals surface area contributed by atoms with E-state index in [1.54, 1.807) is 6.20 Å². The summed E-state index contributed by atoms with van der Waals surface area (Å²) in [4.78, 5) is 8.62. The third-order valence-electron chi connectivity index (χ3n) is 6.71. The first-order valence-corrected chi connectivity index (χ1v) is 10.8. The molecule has 0 saturated heterocycles. The van der Waals surface area contributed by atoms with Gasteiger partial charge in [0, 0.05) is 11.8 Å². The summed E-state index contributed by atoms with van der Waals surface area (Å²) < 4.78 is 8.27. The second kappa shape index (κ2) is 8.20. The van der Waals surface area contributed by atoms with Gasteiger partial charge >= 0.3 is 0 Å². The van der Waals surface area contributed by atoms with E-state index < -0.39 is 0 Å². The lowest BCUT2D eigenvalue weighted by Gasteiger charge is -2.32. The summed E-state index contributed by atoms with van der Waals surface area (Å²) >= 11 is 0. The van der Waals surface area contributed by atoms with Crippen molar-refractivity contribution in [1.29, 1.82) is 0 Å². The van der Waals surface area contributed by atoms with Gasteiger partial charge in [-0.25, -0.2) is 4.98 Å². The number of anilines is 1. The highest BCUT2D eigenvalue weighted by atomic mass is 16.5. The maximum Gasteiger partial charge on any atom is 0.0956 e. The number of imidazole rings is 1. The largest absolute Gasteiger partial charge is 0.397 e. The van der Waals surface area contributed by atoms with Gasteiger partial charge in [-0.1, -0.05) is 24.3 Å². The fourth-order valence-electron chi connectivity index (χ4n) is 5.00. The Morgan fingerprint density at radius 1 is 1.13 bits per heavy atom. The number of nitrogens with two attached hydrogens (primary N) is 1. The Kier molecular flexibility index (Phi) is 5.27. The van der Waals surface area contributed by atoms with E-state index in [9.17, 15) is 5.11 Å². The molecule has 2 aromatic heterocycles. The van der Waals surface area contributed by atoms with E-state index in [0.717, 1.165) is 43.5 Å². The molecule has 3 aromatic rings. The molecular weight excluding hydrogens is 376 g/mol. The third kappa shape index (κ3) is 3.61. The van der Waals surface area contributed by atoms with Crippen LogP contribution in [0.1, 0.15) is 49.4 Å². The second-order valence-corrected chi connectivity index (χ2v) is 8.48. The summed E-state index contributed by atoms with van der Waals surface area (Å²) in [5, 5.41) is 11.1. The molecule has 1 fully saturated rings. The van der Waals surface area contributed by atoms with Gasteiger partial charge in [-0.3, -0.25) is 4.98 Å². The summed E-state index contributed by atoms with van der Waals surface area (Å²) in [7, 11) is 0. The normalized spacial score (nSPS) is 23.7. The van der Waals surface area contributed by atoms with Crippen LogP contribution in [0.4, 0.5) is 5.69 Å². The highest BCUT2D eigenvalue weighted by Crippen LogP contribution is 2.42. The molecule has 1 aliphatic heterocycles. The predicted octanol–water partition coefficient (Wildman–Crippen LogP) is 3.96. The van der Waals surface area contributed by atoms with Crippen LogP contribution in [0.25, 0.3) is 11.3 Å². The average molecular weight is 405 g/mol. The molecule has 0 bridgehead atoms. The van der Waals surface area contributed by atoms with E-state index in [4.69, 9.17) is 10.5 Å². The number of hydrogen-bond acceptors (Lipinski definition) is 5. The smallest absolute Gasteiger partial charge is 0.0956 e. The molecule has 2 aliphatic rings. The maximum atomic E-state index is 11.1. The fourth-order valence-corrected chi connectivity index (χ4v) is 5.00. The molecule has 6 nitrogen and oxygen atoms in total. The fraction of sp³-hybridized carbons (Fsp3) is 0.417. The van der Waals surface area contributed by atoms with E-state index in [0.29, 0.717) is 18.2 Å². The van der Waals surface area contributed by atoms with Crippen LogP contribution in [0.5, 0.6) is 0 Å². The summed E-state index contributed by atoms with van der Waals surface area (Å²) in [6.07, 6.45) is 10.0. The number of aliphatic hydroxyl groups is 1. The number of aromatic nitrogens is 3. The highest BCUT2D eigenvalue weighted by molar-refractivity contribution is 5.68. The molecular formula is C24H28N4O2. The van der Waals surface area contributed by atoms with E-state index in [2.05, 4.69) is 38.8 Å². The lowest BCUT2D eigenvalue weighted by molar-refractivity contribution is -0.0168. The van der Waals surface area contributed by atoms with Gasteiger partial charge in [0.25, 0.3) is 0 Å². The second-order valence-electron chi connectivity index (χ2n) is 8.48. The van der Waals surface area contributed by atoms with Crippen molar-refractivity contribution in [3.63, 3.8) is 0 Å². The van der Waals surface area contributed by atoms with Crippen LogP contribution in [0, 0.1) is 5.92 Å². The molecule has 0 amide bonds. The molecule has 1 saturated carbocycles. The average Bonchev–Trinajstić information content (AvgIpc) is 3.36. The lowest BCUT2D eigenvalue weighted by atomic mass is 9.81. The molecule has 156 valence electrons. The molecule has 3 heterocycles. The molecule has 3 N–H and O–H groups in total. The van der Waals surface area contributed by atoms with Crippen molar-refractivity contribution in [2.75, 3.05) is 5.73 Å². The van der Waals surface area contributed by atoms with Crippen LogP contribution in [-0.4, -0.2) is 31.8 Å². The van der Waals surface area contributed by atoms with Gasteiger partial charge in [-0.05, 0) is 55.7 Å². The van der Waals surface area contributed by atoms with Gasteiger partial charge < -0.3 is 20.1 Å². The summed E-state index contributed by atoms with van der Waals surface area (Å²) in [5.41, 5.74) is 11.1. The Morgan fingerprint density at radius 2 is 1.97 bits per heavy atom. The molecule has 5 rings (SSSR count). The van der Waals surface area contributed by atoms with Crippen LogP contribution in [-0.2, 0) is 11.3 Å². The monoisotopic (exact) mass is 404 g/mol. The summed E-state index contributed by atoms with van der Waals surface area (Å²) in [5.74, 6) is 0.310. The Hall–Kier alpha value is -2.70. The molecule has 6 heteroatoms. The van der Waals surface area contributed by atoms with Gasteiger partial charge in [-0.2, -0.15) is 0 Å². The van der Waals surface area contributed by atoms with Crippen molar-refractivity contribution < 1.29 is 9.84 Å². The van der Waals surface area contributed by atoms with Gasteiger partial charge in [0.2, 0.25) is 0 Å². The Bertz CT molecular complexity index is 1010. The van der Waals surface area contributed by atoms with Crippen molar-refractivity contribution in [3.8, 4) is 11.3 Å². The zero-order valence-corrected chi connectivity index (χ0v) is 17.0. The summed E-state index contributed by atoms with van der Waals surface area (Å²) in [6.45, 7) is 0.451. The van der Waals surface area contributed by atoms with Gasteiger partial charge in [0.15, 0.2) is 0 Å². The van der Waals surface area contributed by atoms with Gasteiger partial charge in [0.05, 0.1) is 54.5 Å². The van der Waals surface area contributed by atoms with E-state index >= 15 is 0 Å². The molecule has 2 unspecified atom stereocenters. The van der Waals surface area contributed by atoms with Gasteiger partial charge in [-0.15, -0.1) is 0 Å². The SMILES string of the molecule is Nc1cccnc1COC1CCC(C(O)CC2c3ccccc3-c3cncn32)CC1. The molecule has 0 spiro atoms. The van der Waals surface area contributed by atoms with Crippen molar-refractivity contribution in [2.24, 2.45) is 5.92 Å². The van der Waals surface area contributed by atoms with Crippen LogP contribution in [0.15, 0.2) is 55.1 Å². The Labute approximate surface area is 176 Å². The highest BCUT2D eigenvalue weighted by Gasteiger charge is 2.33. The first-order valence-electron chi connectivity index (χ1n) is 10.8. The Morgan fingerprint density at radius 3 is 2.80 bits per heavy atom. The standard InChI is InChI=1S/C24H28N4O2/c25-20-6-3-11-27-21(20)14-30-17-9-7-16(8-10-17)24(29)12-22-18-4-1-2-5-19(18)23-13-26-15-28(22)23/h1-6,11,13,15-17,22,24,29H,7-10,12,14,25H2. The van der Waals surface area contributed by atoms with E-state index in [1.807, 2.05) is 24.7 Å². The number of ether oxygens (including phenoxy) is 1. The third-order valence-corrected chi connectivity index (χ3v) is 6.71. The predicted molar refractivity (Wildman–Crippen MR) is 116 cm³/mol. The van der Waals surface area contributed by atoms with Crippen LogP contribution < -0.4 is 5.73 Å². The minimum atomic E-state index is -0.330. The first-order chi connectivity index (χ1) is 14.7. The number of fused-ring (bicyclic) bond motifs is 3. The maximum absolute atomic E-state index is 11.1. The number of rotatable bonds is 6. The van der Waals surface area contributed by atoms with Crippen LogP contribution >= 0.6 is 0 Å². The number of nitrogen functional groups attached to an aromatic ring is 1. The number of hydrogen-bond donors (Lipinski definition) is 2. The van der Waals surface area contributed by atoms with Crippen molar-refractivity contribution in [2.45, 2.75) is 57.0 Å². The quantitative estimate of drug-likeness (QED) is 0.649.